The molecule has 2 fully saturated rings. The number of piperidine rings is 1. The lowest BCUT2D eigenvalue weighted by Gasteiger charge is -2.38. The fourth-order valence-corrected chi connectivity index (χ4v) is 7.41. The van der Waals surface area contributed by atoms with Gasteiger partial charge in [-0.2, -0.15) is 0 Å². The molecule has 1 heterocycles. The summed E-state index contributed by atoms with van der Waals surface area (Å²) in [4.78, 5) is 53.5. The van der Waals surface area contributed by atoms with Crippen molar-refractivity contribution >= 4 is 46.8 Å². The maximum atomic E-state index is 16.4. The standard InChI is InChI=1S/C38H53FN4O9/c1-7-50-37(47)41-29-14-15-30(42-18-16-25(17-19-42)36(45)46)27(35(29)39)21-43(38(48)51-8-2)26-12-13-28(32(20-26)49-6)40-33(44)22-52-31-11-9-10-24(5)34(31)23(3)4/h12-15,20,23-25,31,34H,7-11,16-19,21-22H2,1-6H3,(H,40,44)(H,41,47)(H,45,46). The number of carboxylic acid groups (broad SMARTS) is 1. The first-order valence-corrected chi connectivity index (χ1v) is 18.1. The first-order valence-electron chi connectivity index (χ1n) is 18.1. The van der Waals surface area contributed by atoms with Gasteiger partial charge >= 0.3 is 18.2 Å². The van der Waals surface area contributed by atoms with Crippen molar-refractivity contribution in [3.8, 4) is 5.75 Å². The Morgan fingerprint density at radius 2 is 1.67 bits per heavy atom. The molecule has 3 N–H and O–H groups in total. The number of anilines is 4. The molecule has 13 nitrogen and oxygen atoms in total. The molecule has 2 aromatic rings. The summed E-state index contributed by atoms with van der Waals surface area (Å²) in [7, 11) is 1.43. The molecule has 0 bridgehead atoms. The molecule has 1 aliphatic carbocycles. The Balaban J connectivity index is 1.62. The van der Waals surface area contributed by atoms with E-state index >= 15 is 4.39 Å². The number of ether oxygens (including phenoxy) is 4. The highest BCUT2D eigenvalue weighted by molar-refractivity contribution is 5.95. The summed E-state index contributed by atoms with van der Waals surface area (Å²) < 4.78 is 38.5. The molecule has 3 atom stereocenters. The summed E-state index contributed by atoms with van der Waals surface area (Å²) >= 11 is 0. The average Bonchev–Trinajstić information content (AvgIpc) is 3.11. The molecule has 52 heavy (non-hydrogen) atoms. The van der Waals surface area contributed by atoms with E-state index in [1.807, 2.05) is 4.90 Å². The second-order valence-corrected chi connectivity index (χ2v) is 13.7. The van der Waals surface area contributed by atoms with Crippen LogP contribution in [0.3, 0.4) is 0 Å². The summed E-state index contributed by atoms with van der Waals surface area (Å²) in [6, 6.07) is 7.75. The lowest BCUT2D eigenvalue weighted by Crippen LogP contribution is -2.38. The van der Waals surface area contributed by atoms with Crippen LogP contribution in [0.5, 0.6) is 5.75 Å². The molecule has 3 unspecified atom stereocenters. The zero-order valence-electron chi connectivity index (χ0n) is 31.0. The SMILES string of the molecule is CCOC(=O)Nc1ccc(N2CCC(C(=O)O)CC2)c(CN(C(=O)OCC)c2ccc(NC(=O)COC3CCCC(C)C3C(C)C)c(OC)c2)c1F. The fraction of sp³-hybridized carbons (Fsp3) is 0.579. The van der Waals surface area contributed by atoms with Crippen LogP contribution in [0.25, 0.3) is 0 Å². The second-order valence-electron chi connectivity index (χ2n) is 13.7. The fourth-order valence-electron chi connectivity index (χ4n) is 7.41. The van der Waals surface area contributed by atoms with Gasteiger partial charge in [0.15, 0.2) is 5.82 Å². The number of carbonyl (C=O) groups is 4. The third-order valence-electron chi connectivity index (χ3n) is 9.92. The maximum absolute atomic E-state index is 16.4. The van der Waals surface area contributed by atoms with Gasteiger partial charge in [-0.15, -0.1) is 0 Å². The van der Waals surface area contributed by atoms with E-state index in [-0.39, 0.29) is 55.4 Å². The maximum Gasteiger partial charge on any atom is 0.414 e. The molecule has 3 amide bonds. The molecule has 2 aliphatic rings. The van der Waals surface area contributed by atoms with Crippen LogP contribution in [-0.2, 0) is 30.3 Å². The van der Waals surface area contributed by atoms with Crippen LogP contribution in [0.2, 0.25) is 0 Å². The van der Waals surface area contributed by atoms with Crippen molar-refractivity contribution in [2.45, 2.75) is 79.4 Å². The van der Waals surface area contributed by atoms with Gasteiger partial charge in [0.2, 0.25) is 5.91 Å². The van der Waals surface area contributed by atoms with E-state index in [4.69, 9.17) is 18.9 Å². The van der Waals surface area contributed by atoms with E-state index in [2.05, 4.69) is 31.4 Å². The van der Waals surface area contributed by atoms with E-state index in [0.717, 1.165) is 19.3 Å². The molecular weight excluding hydrogens is 675 g/mol. The zero-order valence-corrected chi connectivity index (χ0v) is 31.0. The number of rotatable bonds is 14. The molecule has 1 saturated heterocycles. The Kier molecular flexibility index (Phi) is 14.5. The molecule has 286 valence electrons. The van der Waals surface area contributed by atoms with Crippen LogP contribution >= 0.6 is 0 Å². The van der Waals surface area contributed by atoms with Gasteiger partial charge in [-0.25, -0.2) is 14.0 Å². The third-order valence-corrected chi connectivity index (χ3v) is 9.92. The Morgan fingerprint density at radius 3 is 2.31 bits per heavy atom. The Hall–Kier alpha value is -4.59. The van der Waals surface area contributed by atoms with Crippen molar-refractivity contribution < 1.29 is 47.6 Å². The van der Waals surface area contributed by atoms with Gasteiger partial charge in [-0.1, -0.05) is 33.6 Å². The van der Waals surface area contributed by atoms with Crippen LogP contribution in [0.15, 0.2) is 30.3 Å². The van der Waals surface area contributed by atoms with Crippen molar-refractivity contribution in [2.75, 3.05) is 60.5 Å². The second kappa shape index (κ2) is 18.8. The van der Waals surface area contributed by atoms with Gasteiger partial charge in [0.1, 0.15) is 12.4 Å². The van der Waals surface area contributed by atoms with Crippen molar-refractivity contribution in [1.82, 2.24) is 0 Å². The van der Waals surface area contributed by atoms with Crippen molar-refractivity contribution in [3.05, 3.63) is 41.7 Å². The minimum Gasteiger partial charge on any atom is -0.494 e. The van der Waals surface area contributed by atoms with Gasteiger partial charge in [-0.3, -0.25) is 19.8 Å². The summed E-state index contributed by atoms with van der Waals surface area (Å²) in [5, 5.41) is 14.8. The monoisotopic (exact) mass is 728 g/mol. The summed E-state index contributed by atoms with van der Waals surface area (Å²) in [6.45, 7) is 10.3. The summed E-state index contributed by atoms with van der Waals surface area (Å²) in [5.41, 5.74) is 1.00. The van der Waals surface area contributed by atoms with Gasteiger partial charge in [-0.05, 0) is 75.1 Å². The predicted molar refractivity (Wildman–Crippen MR) is 196 cm³/mol. The molecule has 0 radical (unpaired) electrons. The highest BCUT2D eigenvalue weighted by Crippen LogP contribution is 2.38. The van der Waals surface area contributed by atoms with Gasteiger partial charge in [0.25, 0.3) is 0 Å². The van der Waals surface area contributed by atoms with E-state index in [1.165, 1.54) is 18.1 Å². The summed E-state index contributed by atoms with van der Waals surface area (Å²) in [6.07, 6.45) is 2.22. The quantitative estimate of drug-likeness (QED) is 0.181. The van der Waals surface area contributed by atoms with Crippen LogP contribution < -0.4 is 25.2 Å². The number of hydrogen-bond acceptors (Lipinski definition) is 9. The molecule has 1 saturated carbocycles. The Morgan fingerprint density at radius 1 is 0.981 bits per heavy atom. The largest absolute Gasteiger partial charge is 0.494 e. The number of aliphatic carboxylic acids is 1. The lowest BCUT2D eigenvalue weighted by atomic mass is 9.72. The molecule has 14 heteroatoms. The predicted octanol–water partition coefficient (Wildman–Crippen LogP) is 7.28. The number of hydrogen-bond donors (Lipinski definition) is 3. The first kappa shape index (κ1) is 40.2. The average molecular weight is 729 g/mol. The number of amides is 3. The molecule has 1 aliphatic heterocycles. The minimum absolute atomic E-state index is 0.00304. The smallest absolute Gasteiger partial charge is 0.414 e. The molecular formula is C38H53FN4O9. The highest BCUT2D eigenvalue weighted by Gasteiger charge is 2.34. The lowest BCUT2D eigenvalue weighted by molar-refractivity contribution is -0.142. The van der Waals surface area contributed by atoms with Gasteiger partial charge < -0.3 is 34.3 Å². The van der Waals surface area contributed by atoms with Crippen LogP contribution in [0.4, 0.5) is 36.7 Å². The molecule has 4 rings (SSSR count). The number of benzene rings is 2. The number of nitrogens with zero attached hydrogens (tertiary/aromatic N) is 2. The van der Waals surface area contributed by atoms with Crippen molar-refractivity contribution in [2.24, 2.45) is 23.7 Å². The highest BCUT2D eigenvalue weighted by atomic mass is 19.1. The number of halogens is 1. The van der Waals surface area contributed by atoms with E-state index < -0.39 is 29.9 Å². The molecule has 0 spiro atoms. The van der Waals surface area contributed by atoms with Crippen LogP contribution in [-0.4, -0.2) is 75.3 Å². The van der Waals surface area contributed by atoms with Crippen LogP contribution in [0, 0.1) is 29.5 Å². The number of carbonyl (C=O) groups excluding carboxylic acids is 3. The van der Waals surface area contributed by atoms with E-state index in [1.54, 1.807) is 38.1 Å². The van der Waals surface area contributed by atoms with E-state index in [0.29, 0.717) is 60.7 Å². The normalized spacial score (nSPS) is 19.2. The molecule has 2 aromatic carbocycles. The minimum atomic E-state index is -0.881. The topological polar surface area (TPSA) is 156 Å². The van der Waals surface area contributed by atoms with Crippen LogP contribution in [0.1, 0.15) is 72.3 Å². The summed E-state index contributed by atoms with van der Waals surface area (Å²) in [5.74, 6) is -0.968. The van der Waals surface area contributed by atoms with Crippen molar-refractivity contribution in [1.29, 1.82) is 0 Å². The third kappa shape index (κ3) is 10.0. The van der Waals surface area contributed by atoms with Crippen molar-refractivity contribution in [3.63, 3.8) is 0 Å². The number of methoxy groups -OCH3 is 1. The first-order chi connectivity index (χ1) is 24.9. The molecule has 0 aromatic heterocycles. The van der Waals surface area contributed by atoms with E-state index in [9.17, 15) is 24.3 Å². The van der Waals surface area contributed by atoms with Gasteiger partial charge in [0.05, 0.1) is 56.0 Å². The number of nitrogens with one attached hydrogen (secondary N) is 2. The zero-order chi connectivity index (χ0) is 37.9. The van der Waals surface area contributed by atoms with Gasteiger partial charge in [0, 0.05) is 30.4 Å². The Labute approximate surface area is 305 Å². The number of carboxylic acids is 1. The Bertz CT molecular complexity index is 1560.